The van der Waals surface area contributed by atoms with E-state index in [-0.39, 0.29) is 0 Å². The Labute approximate surface area is 129 Å². The topological polar surface area (TPSA) is 20.5 Å². The van der Waals surface area contributed by atoms with E-state index >= 15 is 0 Å². The lowest BCUT2D eigenvalue weighted by Gasteiger charge is -2.16. The van der Waals surface area contributed by atoms with Crippen molar-refractivity contribution >= 4 is 17.2 Å². The summed E-state index contributed by atoms with van der Waals surface area (Å²) in [7, 11) is 2.11. The highest BCUT2D eigenvalue weighted by Crippen LogP contribution is 2.14. The molecule has 0 unspecified atom stereocenters. The molecule has 0 aliphatic heterocycles. The Bertz CT molecular complexity index is 764. The quantitative estimate of drug-likeness (QED) is 0.727. The number of fused-ring (bicyclic) bond motifs is 1. The van der Waals surface area contributed by atoms with Crippen molar-refractivity contribution in [3.63, 3.8) is 0 Å². The summed E-state index contributed by atoms with van der Waals surface area (Å²) in [4.78, 5) is 6.89. The number of imidazole rings is 1. The first-order chi connectivity index (χ1) is 10.1. The molecule has 0 saturated carbocycles. The van der Waals surface area contributed by atoms with Crippen molar-refractivity contribution in [2.75, 3.05) is 7.05 Å². The molecule has 108 valence electrons. The van der Waals surface area contributed by atoms with Gasteiger partial charge in [0.15, 0.2) is 0 Å². The first-order valence-corrected chi connectivity index (χ1v) is 7.36. The Morgan fingerprint density at radius 3 is 2.71 bits per heavy atom. The normalized spacial score (nSPS) is 11.4. The molecule has 0 aliphatic rings. The number of rotatable bonds is 4. The van der Waals surface area contributed by atoms with E-state index in [2.05, 4.69) is 48.1 Å². The van der Waals surface area contributed by atoms with Crippen LogP contribution in [-0.2, 0) is 13.1 Å². The first-order valence-electron chi connectivity index (χ1n) is 6.98. The fourth-order valence-electron chi connectivity index (χ4n) is 2.50. The highest BCUT2D eigenvalue weighted by Gasteiger charge is 2.07. The summed E-state index contributed by atoms with van der Waals surface area (Å²) in [6.07, 6.45) is 3.92. The summed E-state index contributed by atoms with van der Waals surface area (Å²) in [5.74, 6) is 0. The van der Waals surface area contributed by atoms with Crippen LogP contribution in [0.25, 0.3) is 5.65 Å². The standard InChI is InChI=1S/C17H18ClN3/c1-13-5-3-4-6-14(13)9-20(2)11-16-12-21-10-15(18)7-8-17(21)19-16/h3-8,10,12H,9,11H2,1-2H3. The molecule has 3 nitrogen and oxygen atoms in total. The van der Waals surface area contributed by atoms with Gasteiger partial charge in [-0.1, -0.05) is 35.9 Å². The van der Waals surface area contributed by atoms with Crippen LogP contribution >= 0.6 is 11.6 Å². The molecule has 0 bridgehead atoms. The molecule has 0 aliphatic carbocycles. The summed E-state index contributed by atoms with van der Waals surface area (Å²) < 4.78 is 1.97. The fourth-order valence-corrected chi connectivity index (χ4v) is 2.67. The Balaban J connectivity index is 1.74. The highest BCUT2D eigenvalue weighted by molar-refractivity contribution is 6.30. The number of hydrogen-bond donors (Lipinski definition) is 0. The number of aryl methyl sites for hydroxylation is 1. The third-order valence-corrected chi connectivity index (χ3v) is 3.82. The van der Waals surface area contributed by atoms with E-state index in [4.69, 9.17) is 11.6 Å². The van der Waals surface area contributed by atoms with Crippen LogP contribution in [0.3, 0.4) is 0 Å². The van der Waals surface area contributed by atoms with E-state index in [0.717, 1.165) is 29.5 Å². The van der Waals surface area contributed by atoms with Gasteiger partial charge in [-0.2, -0.15) is 0 Å². The molecule has 0 spiro atoms. The minimum Gasteiger partial charge on any atom is -0.305 e. The molecule has 1 aromatic carbocycles. The van der Waals surface area contributed by atoms with Gasteiger partial charge in [-0.3, -0.25) is 4.90 Å². The van der Waals surface area contributed by atoms with Crippen LogP contribution < -0.4 is 0 Å². The molecule has 0 N–H and O–H groups in total. The fraction of sp³-hybridized carbons (Fsp3) is 0.235. The van der Waals surface area contributed by atoms with Crippen LogP contribution in [0.15, 0.2) is 48.8 Å². The van der Waals surface area contributed by atoms with E-state index in [1.807, 2.05) is 28.9 Å². The number of benzene rings is 1. The zero-order valence-electron chi connectivity index (χ0n) is 12.3. The lowest BCUT2D eigenvalue weighted by atomic mass is 10.1. The largest absolute Gasteiger partial charge is 0.305 e. The second-order valence-electron chi connectivity index (χ2n) is 5.44. The van der Waals surface area contributed by atoms with E-state index in [0.29, 0.717) is 0 Å². The van der Waals surface area contributed by atoms with Gasteiger partial charge in [0, 0.05) is 25.5 Å². The molecule has 0 atom stereocenters. The van der Waals surface area contributed by atoms with Gasteiger partial charge < -0.3 is 4.40 Å². The van der Waals surface area contributed by atoms with Gasteiger partial charge in [0.1, 0.15) is 5.65 Å². The molecule has 0 amide bonds. The molecule has 21 heavy (non-hydrogen) atoms. The lowest BCUT2D eigenvalue weighted by molar-refractivity contribution is 0.315. The van der Waals surface area contributed by atoms with Crippen molar-refractivity contribution in [2.45, 2.75) is 20.0 Å². The van der Waals surface area contributed by atoms with Crippen molar-refractivity contribution in [3.05, 3.63) is 70.6 Å². The third-order valence-electron chi connectivity index (χ3n) is 3.60. The number of halogens is 1. The monoisotopic (exact) mass is 299 g/mol. The highest BCUT2D eigenvalue weighted by atomic mass is 35.5. The molecule has 2 aromatic heterocycles. The Morgan fingerprint density at radius 2 is 1.90 bits per heavy atom. The van der Waals surface area contributed by atoms with Crippen LogP contribution in [0.1, 0.15) is 16.8 Å². The maximum Gasteiger partial charge on any atom is 0.137 e. The predicted molar refractivity (Wildman–Crippen MR) is 86.6 cm³/mol. The van der Waals surface area contributed by atoms with Gasteiger partial charge in [-0.05, 0) is 37.2 Å². The minimum atomic E-state index is 0.722. The molecule has 3 rings (SSSR count). The maximum absolute atomic E-state index is 6.00. The van der Waals surface area contributed by atoms with E-state index in [9.17, 15) is 0 Å². The van der Waals surface area contributed by atoms with Crippen molar-refractivity contribution in [2.24, 2.45) is 0 Å². The van der Waals surface area contributed by atoms with Crippen LogP contribution in [0.4, 0.5) is 0 Å². The van der Waals surface area contributed by atoms with E-state index < -0.39 is 0 Å². The smallest absolute Gasteiger partial charge is 0.137 e. The molecular formula is C17H18ClN3. The average Bonchev–Trinajstić information content (AvgIpc) is 2.82. The number of pyridine rings is 1. The van der Waals surface area contributed by atoms with Gasteiger partial charge >= 0.3 is 0 Å². The maximum atomic E-state index is 6.00. The average molecular weight is 300 g/mol. The zero-order valence-corrected chi connectivity index (χ0v) is 13.0. The minimum absolute atomic E-state index is 0.722. The summed E-state index contributed by atoms with van der Waals surface area (Å²) in [5, 5.41) is 0.722. The predicted octanol–water partition coefficient (Wildman–Crippen LogP) is 3.93. The number of aromatic nitrogens is 2. The molecule has 0 saturated heterocycles. The van der Waals surface area contributed by atoms with Crippen molar-refractivity contribution in [1.82, 2.24) is 14.3 Å². The Kier molecular flexibility index (Phi) is 3.95. The van der Waals surface area contributed by atoms with Crippen LogP contribution in [0.5, 0.6) is 0 Å². The Hall–Kier alpha value is -1.84. The number of nitrogens with zero attached hydrogens (tertiary/aromatic N) is 3. The third kappa shape index (κ3) is 3.26. The zero-order chi connectivity index (χ0) is 14.8. The van der Waals surface area contributed by atoms with Crippen molar-refractivity contribution in [3.8, 4) is 0 Å². The summed E-state index contributed by atoms with van der Waals surface area (Å²) in [5.41, 5.74) is 4.66. The van der Waals surface area contributed by atoms with Gasteiger partial charge in [0.2, 0.25) is 0 Å². The molecule has 4 heteroatoms. The van der Waals surface area contributed by atoms with Crippen molar-refractivity contribution < 1.29 is 0 Å². The Morgan fingerprint density at radius 1 is 1.10 bits per heavy atom. The molecule has 0 fully saturated rings. The molecule has 3 aromatic rings. The molecular weight excluding hydrogens is 282 g/mol. The second-order valence-corrected chi connectivity index (χ2v) is 5.88. The van der Waals surface area contributed by atoms with Crippen molar-refractivity contribution in [1.29, 1.82) is 0 Å². The van der Waals surface area contributed by atoms with Gasteiger partial charge in [-0.25, -0.2) is 4.98 Å². The second kappa shape index (κ2) is 5.88. The summed E-state index contributed by atoms with van der Waals surface area (Å²) >= 11 is 6.00. The SMILES string of the molecule is Cc1ccccc1CN(C)Cc1cn2cc(Cl)ccc2n1. The lowest BCUT2D eigenvalue weighted by Crippen LogP contribution is -2.18. The number of hydrogen-bond acceptors (Lipinski definition) is 2. The molecule has 0 radical (unpaired) electrons. The van der Waals surface area contributed by atoms with Gasteiger partial charge in [0.25, 0.3) is 0 Å². The summed E-state index contributed by atoms with van der Waals surface area (Å²) in [6.45, 7) is 3.88. The van der Waals surface area contributed by atoms with E-state index in [1.165, 1.54) is 11.1 Å². The van der Waals surface area contributed by atoms with Crippen LogP contribution in [0.2, 0.25) is 5.02 Å². The van der Waals surface area contributed by atoms with E-state index in [1.54, 1.807) is 0 Å². The van der Waals surface area contributed by atoms with Gasteiger partial charge in [-0.15, -0.1) is 0 Å². The van der Waals surface area contributed by atoms with Crippen LogP contribution in [-0.4, -0.2) is 21.3 Å². The first kappa shape index (κ1) is 14.1. The molecule has 2 heterocycles. The van der Waals surface area contributed by atoms with Gasteiger partial charge in [0.05, 0.1) is 10.7 Å². The summed E-state index contributed by atoms with van der Waals surface area (Å²) in [6, 6.07) is 12.3. The van der Waals surface area contributed by atoms with Crippen LogP contribution in [0, 0.1) is 6.92 Å².